The largest absolute Gasteiger partial charge is 0.293 e. The van der Waals surface area contributed by atoms with Crippen molar-refractivity contribution in [3.05, 3.63) is 43.2 Å². The molecule has 0 radical (unpaired) electrons. The first-order valence-corrected chi connectivity index (χ1v) is 7.56. The molecule has 3 rings (SSSR count). The Morgan fingerprint density at radius 1 is 1.26 bits per heavy atom. The van der Waals surface area contributed by atoms with Crippen molar-refractivity contribution in [1.29, 1.82) is 0 Å². The summed E-state index contributed by atoms with van der Waals surface area (Å²) in [6, 6.07) is 1.91. The summed E-state index contributed by atoms with van der Waals surface area (Å²) in [6.07, 6.45) is 1.63. The minimum atomic E-state index is 0.0276. The molecule has 4 nitrogen and oxygen atoms in total. The SMILES string of the molecule is Cc1cc2c(=O)n(Cc3sc(C)nc3C)cnc2s1. The van der Waals surface area contributed by atoms with Crippen LogP contribution in [0.25, 0.3) is 10.2 Å². The van der Waals surface area contributed by atoms with Crippen molar-refractivity contribution in [3.8, 4) is 0 Å². The quantitative estimate of drug-likeness (QED) is 0.729. The molecule has 98 valence electrons. The summed E-state index contributed by atoms with van der Waals surface area (Å²) in [4.78, 5) is 24.2. The molecule has 19 heavy (non-hydrogen) atoms. The highest BCUT2D eigenvalue weighted by atomic mass is 32.1. The zero-order chi connectivity index (χ0) is 13.6. The van der Waals surface area contributed by atoms with E-state index in [2.05, 4.69) is 9.97 Å². The number of thiazole rings is 1. The van der Waals surface area contributed by atoms with E-state index < -0.39 is 0 Å². The number of aryl methyl sites for hydroxylation is 3. The Morgan fingerprint density at radius 3 is 2.74 bits per heavy atom. The highest BCUT2D eigenvalue weighted by molar-refractivity contribution is 7.18. The van der Waals surface area contributed by atoms with E-state index in [9.17, 15) is 4.79 Å². The first kappa shape index (κ1) is 12.5. The fraction of sp³-hybridized carbons (Fsp3) is 0.308. The standard InChI is InChI=1S/C13H13N3OS2/c1-7-4-10-12(18-7)14-6-16(13(10)17)5-11-8(2)15-9(3)19-11/h4,6H,5H2,1-3H3. The first-order valence-electron chi connectivity index (χ1n) is 5.93. The highest BCUT2D eigenvalue weighted by Gasteiger charge is 2.10. The van der Waals surface area contributed by atoms with Crippen LogP contribution in [0.1, 0.15) is 20.5 Å². The van der Waals surface area contributed by atoms with E-state index in [-0.39, 0.29) is 5.56 Å². The first-order chi connectivity index (χ1) is 9.04. The summed E-state index contributed by atoms with van der Waals surface area (Å²) < 4.78 is 1.66. The Hall–Kier alpha value is -1.53. The van der Waals surface area contributed by atoms with E-state index in [1.54, 1.807) is 33.6 Å². The lowest BCUT2D eigenvalue weighted by Gasteiger charge is -2.03. The molecule has 0 aromatic carbocycles. The van der Waals surface area contributed by atoms with E-state index in [4.69, 9.17) is 0 Å². The van der Waals surface area contributed by atoms with Crippen molar-refractivity contribution in [2.24, 2.45) is 0 Å². The summed E-state index contributed by atoms with van der Waals surface area (Å²) in [6.45, 7) is 6.50. The third-order valence-corrected chi connectivity index (χ3v) is 4.97. The van der Waals surface area contributed by atoms with Gasteiger partial charge in [0.05, 0.1) is 29.0 Å². The summed E-state index contributed by atoms with van der Waals surface area (Å²) in [5, 5.41) is 1.74. The molecule has 0 bridgehead atoms. The molecule has 0 aliphatic carbocycles. The van der Waals surface area contributed by atoms with Crippen molar-refractivity contribution >= 4 is 32.9 Å². The van der Waals surface area contributed by atoms with Crippen molar-refractivity contribution in [2.75, 3.05) is 0 Å². The van der Waals surface area contributed by atoms with E-state index in [0.717, 1.165) is 25.3 Å². The lowest BCUT2D eigenvalue weighted by atomic mass is 10.3. The molecule has 0 amide bonds. The van der Waals surface area contributed by atoms with Crippen molar-refractivity contribution < 1.29 is 0 Å². The zero-order valence-corrected chi connectivity index (χ0v) is 12.6. The van der Waals surface area contributed by atoms with Crippen molar-refractivity contribution in [1.82, 2.24) is 14.5 Å². The van der Waals surface area contributed by atoms with Gasteiger partial charge < -0.3 is 0 Å². The van der Waals surface area contributed by atoms with Crippen LogP contribution in [0, 0.1) is 20.8 Å². The van der Waals surface area contributed by atoms with Gasteiger partial charge in [0.25, 0.3) is 5.56 Å². The van der Waals surface area contributed by atoms with Crippen molar-refractivity contribution in [2.45, 2.75) is 27.3 Å². The minimum absolute atomic E-state index is 0.0276. The number of fused-ring (bicyclic) bond motifs is 1. The number of nitrogens with zero attached hydrogens (tertiary/aromatic N) is 3. The number of aromatic nitrogens is 3. The molecule has 0 N–H and O–H groups in total. The molecular formula is C13H13N3OS2. The van der Waals surface area contributed by atoms with Crippen LogP contribution in [-0.4, -0.2) is 14.5 Å². The van der Waals surface area contributed by atoms with Crippen LogP contribution in [0.15, 0.2) is 17.2 Å². The fourth-order valence-corrected chi connectivity index (χ4v) is 3.84. The van der Waals surface area contributed by atoms with Gasteiger partial charge in [0.15, 0.2) is 0 Å². The molecule has 3 aromatic rings. The summed E-state index contributed by atoms with van der Waals surface area (Å²) in [5.74, 6) is 0. The minimum Gasteiger partial charge on any atom is -0.293 e. The van der Waals surface area contributed by atoms with E-state index >= 15 is 0 Å². The zero-order valence-electron chi connectivity index (χ0n) is 10.9. The van der Waals surface area contributed by atoms with Crippen LogP contribution in [0.4, 0.5) is 0 Å². The predicted molar refractivity (Wildman–Crippen MR) is 79.3 cm³/mol. The molecule has 0 fully saturated rings. The third kappa shape index (κ3) is 2.21. The molecule has 3 heterocycles. The topological polar surface area (TPSA) is 47.8 Å². The number of hydrogen-bond donors (Lipinski definition) is 0. The lowest BCUT2D eigenvalue weighted by Crippen LogP contribution is -2.20. The molecule has 3 aromatic heterocycles. The maximum atomic E-state index is 12.4. The molecule has 0 saturated heterocycles. The molecule has 0 aliphatic heterocycles. The van der Waals surface area contributed by atoms with E-state index in [1.165, 1.54) is 0 Å². The molecule has 0 spiro atoms. The Morgan fingerprint density at radius 2 is 2.05 bits per heavy atom. The van der Waals surface area contributed by atoms with Crippen molar-refractivity contribution in [3.63, 3.8) is 0 Å². The predicted octanol–water partition coefficient (Wildman–Crippen LogP) is 2.89. The number of hydrogen-bond acceptors (Lipinski definition) is 5. The maximum absolute atomic E-state index is 12.4. The van der Waals surface area contributed by atoms with Gasteiger partial charge >= 0.3 is 0 Å². The second kappa shape index (κ2) is 4.54. The normalized spacial score (nSPS) is 11.3. The summed E-state index contributed by atoms with van der Waals surface area (Å²) in [7, 11) is 0. The Bertz CT molecular complexity index is 813. The summed E-state index contributed by atoms with van der Waals surface area (Å²) >= 11 is 3.19. The Balaban J connectivity index is 2.08. The van der Waals surface area contributed by atoms with Gasteiger partial charge in [-0.15, -0.1) is 22.7 Å². The van der Waals surface area contributed by atoms with Crippen LogP contribution in [0.3, 0.4) is 0 Å². The van der Waals surface area contributed by atoms with Gasteiger partial charge in [-0.2, -0.15) is 0 Å². The molecule has 0 aliphatic rings. The van der Waals surface area contributed by atoms with Gasteiger partial charge in [0.1, 0.15) is 4.83 Å². The molecule has 6 heteroatoms. The van der Waals surface area contributed by atoms with E-state index in [1.807, 2.05) is 26.8 Å². The fourth-order valence-electron chi connectivity index (χ4n) is 2.07. The van der Waals surface area contributed by atoms with Gasteiger partial charge in [-0.25, -0.2) is 9.97 Å². The van der Waals surface area contributed by atoms with Gasteiger partial charge in [-0.05, 0) is 26.8 Å². The second-order valence-electron chi connectivity index (χ2n) is 4.49. The van der Waals surface area contributed by atoms with E-state index in [0.29, 0.717) is 11.9 Å². The Labute approximate surface area is 118 Å². The third-order valence-electron chi connectivity index (χ3n) is 2.95. The molecule has 0 saturated carbocycles. The van der Waals surface area contributed by atoms with Gasteiger partial charge in [-0.3, -0.25) is 9.36 Å². The average molecular weight is 291 g/mol. The number of thiophene rings is 1. The van der Waals surface area contributed by atoms with Gasteiger partial charge in [0, 0.05) is 9.75 Å². The maximum Gasteiger partial charge on any atom is 0.262 e. The van der Waals surface area contributed by atoms with Crippen LogP contribution in [0.5, 0.6) is 0 Å². The lowest BCUT2D eigenvalue weighted by molar-refractivity contribution is 0.753. The van der Waals surface area contributed by atoms with Crippen LogP contribution in [-0.2, 0) is 6.54 Å². The van der Waals surface area contributed by atoms with Gasteiger partial charge in [-0.1, -0.05) is 0 Å². The van der Waals surface area contributed by atoms with Crippen LogP contribution < -0.4 is 5.56 Å². The second-order valence-corrected chi connectivity index (χ2v) is 7.02. The number of rotatable bonds is 2. The van der Waals surface area contributed by atoms with Crippen LogP contribution >= 0.6 is 22.7 Å². The molecular weight excluding hydrogens is 278 g/mol. The highest BCUT2D eigenvalue weighted by Crippen LogP contribution is 2.21. The average Bonchev–Trinajstić information content (AvgIpc) is 2.86. The van der Waals surface area contributed by atoms with Gasteiger partial charge in [0.2, 0.25) is 0 Å². The smallest absolute Gasteiger partial charge is 0.262 e. The summed E-state index contributed by atoms with van der Waals surface area (Å²) in [5.41, 5.74) is 1.02. The molecule has 0 unspecified atom stereocenters. The van der Waals surface area contributed by atoms with Crippen LogP contribution in [0.2, 0.25) is 0 Å². The Kier molecular flexibility index (Phi) is 2.99. The monoisotopic (exact) mass is 291 g/mol. The molecule has 0 atom stereocenters.